The molecule has 0 aliphatic heterocycles. The standard InChI is InChI=1S/C18H15O2PS2/c19-21(20-16-10-4-1-5-11-16,22-17-12-6-2-7-13-17)23-18-14-8-3-9-15-18/h1-15H. The molecule has 0 aromatic heterocycles. The molecule has 0 heterocycles. The predicted octanol–water partition coefficient (Wildman–Crippen LogP) is 6.76. The van der Waals surface area contributed by atoms with Crippen molar-refractivity contribution in [3.05, 3.63) is 91.0 Å². The number of para-hydroxylation sites is 1. The Morgan fingerprint density at radius 1 is 0.609 bits per heavy atom. The molecular weight excluding hydrogens is 343 g/mol. The summed E-state index contributed by atoms with van der Waals surface area (Å²) in [6.07, 6.45) is 0. The number of rotatable bonds is 6. The first-order valence-corrected chi connectivity index (χ1v) is 11.5. The van der Waals surface area contributed by atoms with Crippen molar-refractivity contribution in [2.75, 3.05) is 0 Å². The Kier molecular flexibility index (Phi) is 5.50. The Balaban J connectivity index is 1.87. The second-order valence-corrected chi connectivity index (χ2v) is 11.7. The fraction of sp³-hybridized carbons (Fsp3) is 0. The third kappa shape index (κ3) is 4.93. The average Bonchev–Trinajstić information content (AvgIpc) is 2.57. The van der Waals surface area contributed by atoms with Crippen LogP contribution in [0.1, 0.15) is 0 Å². The summed E-state index contributed by atoms with van der Waals surface area (Å²) in [7, 11) is 0. The van der Waals surface area contributed by atoms with Gasteiger partial charge in [0.15, 0.2) is 0 Å². The van der Waals surface area contributed by atoms with E-state index < -0.39 is 5.77 Å². The summed E-state index contributed by atoms with van der Waals surface area (Å²) in [5, 5.41) is 0. The number of hydrogen-bond donors (Lipinski definition) is 0. The summed E-state index contributed by atoms with van der Waals surface area (Å²) in [5.74, 6) is -2.44. The molecule has 116 valence electrons. The quantitative estimate of drug-likeness (QED) is 0.455. The molecule has 0 spiro atoms. The number of benzene rings is 3. The van der Waals surface area contributed by atoms with Crippen molar-refractivity contribution in [2.24, 2.45) is 0 Å². The molecule has 3 rings (SSSR count). The molecule has 0 aliphatic rings. The molecular formula is C18H15O2PS2. The van der Waals surface area contributed by atoms with E-state index in [0.29, 0.717) is 5.75 Å². The van der Waals surface area contributed by atoms with Crippen LogP contribution in [0.3, 0.4) is 0 Å². The summed E-state index contributed by atoms with van der Waals surface area (Å²) in [4.78, 5) is 1.85. The zero-order valence-electron chi connectivity index (χ0n) is 12.2. The molecule has 0 fully saturated rings. The maximum atomic E-state index is 13.4. The fourth-order valence-electron chi connectivity index (χ4n) is 1.89. The lowest BCUT2D eigenvalue weighted by atomic mass is 10.3. The summed E-state index contributed by atoms with van der Waals surface area (Å²) < 4.78 is 19.3. The SMILES string of the molecule is O=P(Oc1ccccc1)(Sc1ccccc1)Sc1ccccc1. The fourth-order valence-corrected chi connectivity index (χ4v) is 8.47. The summed E-state index contributed by atoms with van der Waals surface area (Å²) in [5.41, 5.74) is 0. The molecule has 0 unspecified atom stereocenters. The molecule has 2 nitrogen and oxygen atoms in total. The molecule has 0 saturated carbocycles. The van der Waals surface area contributed by atoms with Crippen LogP contribution in [0.5, 0.6) is 5.75 Å². The van der Waals surface area contributed by atoms with Crippen LogP contribution in [0.4, 0.5) is 0 Å². The average molecular weight is 358 g/mol. The van der Waals surface area contributed by atoms with Crippen LogP contribution in [-0.4, -0.2) is 0 Å². The zero-order chi connectivity index (χ0) is 16.0. The minimum absolute atomic E-state index is 0.614. The van der Waals surface area contributed by atoms with Gasteiger partial charge in [0, 0.05) is 9.79 Å². The van der Waals surface area contributed by atoms with Crippen molar-refractivity contribution < 1.29 is 9.09 Å². The van der Waals surface area contributed by atoms with Gasteiger partial charge < -0.3 is 4.52 Å². The Morgan fingerprint density at radius 2 is 1.00 bits per heavy atom. The van der Waals surface area contributed by atoms with Gasteiger partial charge in [-0.3, -0.25) is 4.57 Å². The van der Waals surface area contributed by atoms with Crippen molar-refractivity contribution in [3.63, 3.8) is 0 Å². The molecule has 0 aliphatic carbocycles. The molecule has 0 saturated heterocycles. The topological polar surface area (TPSA) is 26.3 Å². The van der Waals surface area contributed by atoms with E-state index >= 15 is 0 Å². The van der Waals surface area contributed by atoms with Crippen LogP contribution >= 0.6 is 28.5 Å². The summed E-state index contributed by atoms with van der Waals surface area (Å²) >= 11 is 2.55. The Labute approximate surface area is 144 Å². The lowest BCUT2D eigenvalue weighted by Crippen LogP contribution is -1.87. The van der Waals surface area contributed by atoms with E-state index in [0.717, 1.165) is 9.79 Å². The normalized spacial score (nSPS) is 11.1. The molecule has 0 bridgehead atoms. The number of hydrogen-bond acceptors (Lipinski definition) is 4. The van der Waals surface area contributed by atoms with Gasteiger partial charge in [-0.25, -0.2) is 0 Å². The van der Waals surface area contributed by atoms with Gasteiger partial charge in [-0.05, 0) is 59.2 Å². The first-order chi connectivity index (χ1) is 11.2. The lowest BCUT2D eigenvalue weighted by Gasteiger charge is -2.18. The molecule has 0 atom stereocenters. The highest BCUT2D eigenvalue weighted by atomic mass is 33.1. The van der Waals surface area contributed by atoms with E-state index in [1.165, 1.54) is 22.8 Å². The van der Waals surface area contributed by atoms with Gasteiger partial charge >= 0.3 is 5.77 Å². The maximum absolute atomic E-state index is 13.4. The smallest absolute Gasteiger partial charge is 0.369 e. The van der Waals surface area contributed by atoms with Gasteiger partial charge in [0.2, 0.25) is 0 Å². The zero-order valence-corrected chi connectivity index (χ0v) is 14.8. The van der Waals surface area contributed by atoms with E-state index in [4.69, 9.17) is 4.52 Å². The van der Waals surface area contributed by atoms with Crippen LogP contribution in [-0.2, 0) is 4.57 Å². The monoisotopic (exact) mass is 358 g/mol. The minimum Gasteiger partial charge on any atom is -0.429 e. The largest absolute Gasteiger partial charge is 0.429 e. The van der Waals surface area contributed by atoms with Gasteiger partial charge in [-0.1, -0.05) is 54.6 Å². The van der Waals surface area contributed by atoms with Crippen molar-refractivity contribution in [3.8, 4) is 5.75 Å². The van der Waals surface area contributed by atoms with Crippen LogP contribution in [0.2, 0.25) is 0 Å². The van der Waals surface area contributed by atoms with E-state index in [2.05, 4.69) is 0 Å². The van der Waals surface area contributed by atoms with Crippen molar-refractivity contribution in [2.45, 2.75) is 9.79 Å². The van der Waals surface area contributed by atoms with E-state index in [1.54, 1.807) is 0 Å². The lowest BCUT2D eigenvalue weighted by molar-refractivity contribution is 0.515. The van der Waals surface area contributed by atoms with E-state index in [-0.39, 0.29) is 0 Å². The highest BCUT2D eigenvalue weighted by Gasteiger charge is 2.28. The molecule has 0 amide bonds. The molecule has 3 aromatic carbocycles. The Bertz CT molecular complexity index is 672. The van der Waals surface area contributed by atoms with Gasteiger partial charge in [0.05, 0.1) is 0 Å². The maximum Gasteiger partial charge on any atom is 0.369 e. The molecule has 0 radical (unpaired) electrons. The van der Waals surface area contributed by atoms with Crippen molar-refractivity contribution in [1.29, 1.82) is 0 Å². The minimum atomic E-state index is -3.05. The third-order valence-electron chi connectivity index (χ3n) is 2.88. The Hall–Kier alpha value is -1.61. The van der Waals surface area contributed by atoms with E-state index in [9.17, 15) is 4.57 Å². The van der Waals surface area contributed by atoms with E-state index in [1.807, 2.05) is 91.0 Å². The second-order valence-electron chi connectivity index (χ2n) is 4.66. The first-order valence-electron chi connectivity index (χ1n) is 7.07. The van der Waals surface area contributed by atoms with Gasteiger partial charge in [0.25, 0.3) is 0 Å². The van der Waals surface area contributed by atoms with Crippen LogP contribution in [0.15, 0.2) is 101 Å². The molecule has 5 heteroatoms. The van der Waals surface area contributed by atoms with Crippen LogP contribution in [0.25, 0.3) is 0 Å². The second kappa shape index (κ2) is 7.78. The summed E-state index contributed by atoms with van der Waals surface area (Å²) in [6.45, 7) is 0. The van der Waals surface area contributed by atoms with Gasteiger partial charge in [-0.15, -0.1) is 0 Å². The molecule has 23 heavy (non-hydrogen) atoms. The highest BCUT2D eigenvalue weighted by Crippen LogP contribution is 2.73. The van der Waals surface area contributed by atoms with Crippen molar-refractivity contribution >= 4 is 28.5 Å². The molecule has 0 N–H and O–H groups in total. The summed E-state index contributed by atoms with van der Waals surface area (Å²) in [6, 6.07) is 28.7. The Morgan fingerprint density at radius 3 is 1.43 bits per heavy atom. The van der Waals surface area contributed by atoms with Crippen molar-refractivity contribution in [1.82, 2.24) is 0 Å². The van der Waals surface area contributed by atoms with Crippen LogP contribution < -0.4 is 4.52 Å². The van der Waals surface area contributed by atoms with Crippen LogP contribution in [0, 0.1) is 0 Å². The van der Waals surface area contributed by atoms with Gasteiger partial charge in [-0.2, -0.15) is 0 Å². The molecule has 3 aromatic rings. The third-order valence-corrected chi connectivity index (χ3v) is 9.12. The first kappa shape index (κ1) is 16.3. The predicted molar refractivity (Wildman–Crippen MR) is 99.3 cm³/mol. The highest BCUT2D eigenvalue weighted by molar-refractivity contribution is 8.89. The van der Waals surface area contributed by atoms with Gasteiger partial charge in [0.1, 0.15) is 5.75 Å².